The highest BCUT2D eigenvalue weighted by molar-refractivity contribution is 5.76. The van der Waals surface area contributed by atoms with E-state index in [9.17, 15) is 0 Å². The fourth-order valence-electron chi connectivity index (χ4n) is 1.71. The lowest BCUT2D eigenvalue weighted by atomic mass is 10.1. The zero-order valence-corrected chi connectivity index (χ0v) is 11.0. The fourth-order valence-corrected chi connectivity index (χ4v) is 1.71. The van der Waals surface area contributed by atoms with Crippen LogP contribution in [0.5, 0.6) is 5.88 Å². The molecule has 0 saturated heterocycles. The molecule has 0 bridgehead atoms. The van der Waals surface area contributed by atoms with Gasteiger partial charge in [0, 0.05) is 5.54 Å². The highest BCUT2D eigenvalue weighted by Gasteiger charge is 2.20. The monoisotopic (exact) mass is 234 g/mol. The molecule has 5 heteroatoms. The largest absolute Gasteiger partial charge is 0.476 e. The molecule has 2 aromatic rings. The first-order valence-corrected chi connectivity index (χ1v) is 5.78. The van der Waals surface area contributed by atoms with Gasteiger partial charge in [0.1, 0.15) is 5.82 Å². The van der Waals surface area contributed by atoms with Gasteiger partial charge >= 0.3 is 0 Å². The van der Waals surface area contributed by atoms with Crippen molar-refractivity contribution in [2.45, 2.75) is 40.2 Å². The molecular formula is C12H18N4O. The summed E-state index contributed by atoms with van der Waals surface area (Å²) in [5.41, 5.74) is 1.50. The quantitative estimate of drug-likeness (QED) is 0.800. The van der Waals surface area contributed by atoms with Gasteiger partial charge in [0.25, 0.3) is 0 Å². The van der Waals surface area contributed by atoms with Gasteiger partial charge < -0.3 is 9.30 Å². The molecular weight excluding hydrogens is 216 g/mol. The van der Waals surface area contributed by atoms with Crippen LogP contribution in [0.25, 0.3) is 11.2 Å². The molecule has 0 N–H and O–H groups in total. The number of aryl methyl sites for hydroxylation is 1. The summed E-state index contributed by atoms with van der Waals surface area (Å²) in [7, 11) is 0. The summed E-state index contributed by atoms with van der Waals surface area (Å²) in [6.07, 6.45) is 1.79. The number of hydrogen-bond acceptors (Lipinski definition) is 4. The Morgan fingerprint density at radius 1 is 1.29 bits per heavy atom. The SMILES string of the molecule is CCOc1nc(C)nc2c1ncn2C(C)(C)C. The van der Waals surface area contributed by atoms with Crippen LogP contribution in [0.3, 0.4) is 0 Å². The average molecular weight is 234 g/mol. The van der Waals surface area contributed by atoms with Crippen LogP contribution < -0.4 is 4.74 Å². The van der Waals surface area contributed by atoms with Gasteiger partial charge in [0.2, 0.25) is 5.88 Å². The van der Waals surface area contributed by atoms with Crippen molar-refractivity contribution < 1.29 is 4.74 Å². The maximum atomic E-state index is 5.50. The normalized spacial score (nSPS) is 12.1. The molecule has 5 nitrogen and oxygen atoms in total. The summed E-state index contributed by atoms with van der Waals surface area (Å²) in [6, 6.07) is 0. The van der Waals surface area contributed by atoms with Crippen molar-refractivity contribution in [3.63, 3.8) is 0 Å². The maximum Gasteiger partial charge on any atom is 0.245 e. The summed E-state index contributed by atoms with van der Waals surface area (Å²) >= 11 is 0. The van der Waals surface area contributed by atoms with Gasteiger partial charge in [0.15, 0.2) is 11.2 Å². The Labute approximate surface area is 101 Å². The third-order valence-electron chi connectivity index (χ3n) is 2.48. The molecule has 0 spiro atoms. The second-order valence-corrected chi connectivity index (χ2v) is 4.97. The minimum atomic E-state index is -0.0565. The van der Waals surface area contributed by atoms with Gasteiger partial charge in [-0.2, -0.15) is 4.98 Å². The summed E-state index contributed by atoms with van der Waals surface area (Å²) < 4.78 is 7.54. The van der Waals surface area contributed by atoms with Crippen LogP contribution in [0.15, 0.2) is 6.33 Å². The van der Waals surface area contributed by atoms with Crippen molar-refractivity contribution in [1.29, 1.82) is 0 Å². The molecule has 2 heterocycles. The zero-order chi connectivity index (χ0) is 12.6. The number of hydrogen-bond donors (Lipinski definition) is 0. The average Bonchev–Trinajstić information content (AvgIpc) is 2.60. The van der Waals surface area contributed by atoms with Crippen molar-refractivity contribution in [3.8, 4) is 5.88 Å². The highest BCUT2D eigenvalue weighted by Crippen LogP contribution is 2.25. The van der Waals surface area contributed by atoms with Crippen LogP contribution in [-0.2, 0) is 5.54 Å². The summed E-state index contributed by atoms with van der Waals surface area (Å²) in [5.74, 6) is 1.27. The molecule has 0 amide bonds. The predicted octanol–water partition coefficient (Wildman–Crippen LogP) is 2.29. The third kappa shape index (κ3) is 2.09. The standard InChI is InChI=1S/C12H18N4O/c1-6-17-11-9-10(14-8(2)15-11)16(7-13-9)12(3,4)5/h7H,6H2,1-5H3. The van der Waals surface area contributed by atoms with Crippen molar-refractivity contribution in [2.24, 2.45) is 0 Å². The number of imidazole rings is 1. The van der Waals surface area contributed by atoms with Crippen LogP contribution in [0.4, 0.5) is 0 Å². The van der Waals surface area contributed by atoms with E-state index in [1.54, 1.807) is 6.33 Å². The molecule has 0 aliphatic heterocycles. The van der Waals surface area contributed by atoms with Crippen LogP contribution in [0.2, 0.25) is 0 Å². The first-order valence-electron chi connectivity index (χ1n) is 5.78. The van der Waals surface area contributed by atoms with Crippen molar-refractivity contribution in [3.05, 3.63) is 12.2 Å². The van der Waals surface area contributed by atoms with Gasteiger partial charge in [-0.1, -0.05) is 0 Å². The summed E-state index contributed by atoms with van der Waals surface area (Å²) in [6.45, 7) is 10.7. The number of ether oxygens (including phenoxy) is 1. The molecule has 2 rings (SSSR count). The molecule has 0 atom stereocenters. The van der Waals surface area contributed by atoms with E-state index in [4.69, 9.17) is 4.74 Å². The second-order valence-electron chi connectivity index (χ2n) is 4.97. The van der Waals surface area contributed by atoms with E-state index >= 15 is 0 Å². The summed E-state index contributed by atoms with van der Waals surface area (Å²) in [5, 5.41) is 0. The fraction of sp³-hybridized carbons (Fsp3) is 0.583. The van der Waals surface area contributed by atoms with Crippen LogP contribution in [0.1, 0.15) is 33.5 Å². The minimum absolute atomic E-state index is 0.0565. The predicted molar refractivity (Wildman–Crippen MR) is 66.2 cm³/mol. The van der Waals surface area contributed by atoms with E-state index in [0.29, 0.717) is 18.3 Å². The minimum Gasteiger partial charge on any atom is -0.476 e. The van der Waals surface area contributed by atoms with Crippen molar-refractivity contribution in [1.82, 2.24) is 19.5 Å². The van der Waals surface area contributed by atoms with E-state index in [-0.39, 0.29) is 5.54 Å². The van der Waals surface area contributed by atoms with Crippen molar-refractivity contribution in [2.75, 3.05) is 6.61 Å². The Morgan fingerprint density at radius 3 is 2.59 bits per heavy atom. The lowest BCUT2D eigenvalue weighted by Gasteiger charge is -2.21. The van der Waals surface area contributed by atoms with Crippen LogP contribution in [0, 0.1) is 6.92 Å². The lowest BCUT2D eigenvalue weighted by Crippen LogP contribution is -2.21. The number of fused-ring (bicyclic) bond motifs is 1. The van der Waals surface area contributed by atoms with E-state index in [0.717, 1.165) is 11.2 Å². The Morgan fingerprint density at radius 2 is 2.00 bits per heavy atom. The van der Waals surface area contributed by atoms with E-state index in [1.807, 2.05) is 18.4 Å². The molecule has 0 aliphatic carbocycles. The molecule has 0 radical (unpaired) electrons. The number of aromatic nitrogens is 4. The third-order valence-corrected chi connectivity index (χ3v) is 2.48. The van der Waals surface area contributed by atoms with Gasteiger partial charge in [-0.3, -0.25) is 0 Å². The summed E-state index contributed by atoms with van der Waals surface area (Å²) in [4.78, 5) is 13.1. The second kappa shape index (κ2) is 3.98. The maximum absolute atomic E-state index is 5.50. The Hall–Kier alpha value is -1.65. The topological polar surface area (TPSA) is 52.8 Å². The molecule has 17 heavy (non-hydrogen) atoms. The van der Waals surface area contributed by atoms with Crippen LogP contribution in [-0.4, -0.2) is 26.1 Å². The van der Waals surface area contributed by atoms with Gasteiger partial charge in [0.05, 0.1) is 12.9 Å². The Bertz CT molecular complexity index is 539. The van der Waals surface area contributed by atoms with E-state index in [1.165, 1.54) is 0 Å². The number of nitrogens with zero attached hydrogens (tertiary/aromatic N) is 4. The van der Waals surface area contributed by atoms with Gasteiger partial charge in [-0.05, 0) is 34.6 Å². The van der Waals surface area contributed by atoms with Gasteiger partial charge in [-0.25, -0.2) is 9.97 Å². The first kappa shape index (κ1) is 11.8. The van der Waals surface area contributed by atoms with Gasteiger partial charge in [-0.15, -0.1) is 0 Å². The molecule has 0 fully saturated rings. The lowest BCUT2D eigenvalue weighted by molar-refractivity contribution is 0.329. The van der Waals surface area contributed by atoms with Crippen molar-refractivity contribution >= 4 is 11.2 Å². The van der Waals surface area contributed by atoms with E-state index < -0.39 is 0 Å². The Balaban J connectivity index is 2.69. The Kier molecular flexibility index (Phi) is 2.77. The van der Waals surface area contributed by atoms with Crippen LogP contribution >= 0.6 is 0 Å². The molecule has 0 saturated carbocycles. The highest BCUT2D eigenvalue weighted by atomic mass is 16.5. The molecule has 0 aliphatic rings. The van der Waals surface area contributed by atoms with E-state index in [2.05, 4.69) is 35.7 Å². The number of rotatable bonds is 2. The molecule has 0 unspecified atom stereocenters. The smallest absolute Gasteiger partial charge is 0.245 e. The molecule has 2 aromatic heterocycles. The zero-order valence-electron chi connectivity index (χ0n) is 11.0. The molecule has 0 aromatic carbocycles. The first-order chi connectivity index (χ1) is 7.93. The molecule has 92 valence electrons.